The van der Waals surface area contributed by atoms with Crippen molar-refractivity contribution in [3.63, 3.8) is 0 Å². The van der Waals surface area contributed by atoms with E-state index in [1.807, 2.05) is 0 Å². The molecule has 0 saturated heterocycles. The summed E-state index contributed by atoms with van der Waals surface area (Å²) >= 11 is 0. The van der Waals surface area contributed by atoms with Gasteiger partial charge in [0.25, 0.3) is 0 Å². The number of Topliss-reactive ketones (excluding diaryl/α,β-unsaturated/α-hetero) is 1. The quantitative estimate of drug-likeness (QED) is 0.726. The molecule has 0 atom stereocenters. The van der Waals surface area contributed by atoms with Gasteiger partial charge in [0.15, 0.2) is 17.3 Å². The first kappa shape index (κ1) is 9.02. The van der Waals surface area contributed by atoms with E-state index in [9.17, 15) is 4.79 Å². The molecule has 2 N–H and O–H groups in total. The summed E-state index contributed by atoms with van der Waals surface area (Å²) in [6.07, 6.45) is 0.333. The second-order valence-corrected chi connectivity index (χ2v) is 3.00. The molecule has 0 saturated carbocycles. The van der Waals surface area contributed by atoms with E-state index in [1.54, 1.807) is 18.2 Å². The Morgan fingerprint density at radius 1 is 1.43 bits per heavy atom. The minimum absolute atomic E-state index is 0.00477. The predicted molar refractivity (Wildman–Crippen MR) is 50.6 cm³/mol. The molecule has 1 aliphatic heterocycles. The summed E-state index contributed by atoms with van der Waals surface area (Å²) < 4.78 is 10.4. The zero-order valence-electron chi connectivity index (χ0n) is 7.66. The van der Waals surface area contributed by atoms with Gasteiger partial charge in [-0.05, 0) is 18.7 Å². The Kier molecular flexibility index (Phi) is 2.37. The van der Waals surface area contributed by atoms with Crippen molar-refractivity contribution in [3.05, 3.63) is 23.8 Å². The lowest BCUT2D eigenvalue weighted by Crippen LogP contribution is -2.08. The summed E-state index contributed by atoms with van der Waals surface area (Å²) in [5.41, 5.74) is 5.88. The van der Waals surface area contributed by atoms with Crippen LogP contribution >= 0.6 is 0 Å². The maximum atomic E-state index is 11.6. The molecule has 74 valence electrons. The second kappa shape index (κ2) is 3.67. The first-order valence-corrected chi connectivity index (χ1v) is 4.45. The van der Waals surface area contributed by atoms with Gasteiger partial charge >= 0.3 is 0 Å². The van der Waals surface area contributed by atoms with Crippen molar-refractivity contribution in [2.45, 2.75) is 6.42 Å². The van der Waals surface area contributed by atoms with E-state index in [-0.39, 0.29) is 12.6 Å². The summed E-state index contributed by atoms with van der Waals surface area (Å²) in [5, 5.41) is 0. The van der Waals surface area contributed by atoms with Crippen molar-refractivity contribution >= 4 is 5.78 Å². The van der Waals surface area contributed by atoms with Crippen LogP contribution in [0.5, 0.6) is 11.5 Å². The Morgan fingerprint density at radius 2 is 2.29 bits per heavy atom. The molecule has 2 rings (SSSR count). The molecular weight excluding hydrogens is 182 g/mol. The maximum Gasteiger partial charge on any atom is 0.231 e. The van der Waals surface area contributed by atoms with Crippen LogP contribution in [0.3, 0.4) is 0 Å². The zero-order valence-corrected chi connectivity index (χ0v) is 7.66. The summed E-state index contributed by atoms with van der Waals surface area (Å²) in [6.45, 7) is 0.533. The van der Waals surface area contributed by atoms with Crippen LogP contribution in [0.1, 0.15) is 16.8 Å². The Labute approximate surface area is 81.6 Å². The molecule has 4 heteroatoms. The molecule has 1 aromatic rings. The second-order valence-electron chi connectivity index (χ2n) is 3.00. The Bertz CT molecular complexity index is 362. The first-order valence-electron chi connectivity index (χ1n) is 4.45. The first-order chi connectivity index (χ1) is 6.83. The lowest BCUT2D eigenvalue weighted by Gasteiger charge is -2.03. The van der Waals surface area contributed by atoms with Crippen LogP contribution in [0.2, 0.25) is 0 Å². The highest BCUT2D eigenvalue weighted by Crippen LogP contribution is 2.35. The normalized spacial score (nSPS) is 12.9. The molecule has 1 aromatic carbocycles. The topological polar surface area (TPSA) is 61.6 Å². The number of benzene rings is 1. The average Bonchev–Trinajstić information content (AvgIpc) is 2.65. The SMILES string of the molecule is NCCC(=O)c1cccc2c1OCO2. The maximum absolute atomic E-state index is 11.6. The number of hydrogen-bond acceptors (Lipinski definition) is 4. The number of ether oxygens (including phenoxy) is 2. The largest absolute Gasteiger partial charge is 0.454 e. The Hall–Kier alpha value is -1.55. The third kappa shape index (κ3) is 1.44. The smallest absolute Gasteiger partial charge is 0.231 e. The van der Waals surface area contributed by atoms with E-state index < -0.39 is 0 Å². The van der Waals surface area contributed by atoms with Crippen molar-refractivity contribution in [1.82, 2.24) is 0 Å². The third-order valence-electron chi connectivity index (χ3n) is 2.07. The van der Waals surface area contributed by atoms with Crippen molar-refractivity contribution in [3.8, 4) is 11.5 Å². The summed E-state index contributed by atoms with van der Waals surface area (Å²) in [6, 6.07) is 5.28. The van der Waals surface area contributed by atoms with E-state index in [0.29, 0.717) is 30.0 Å². The highest BCUT2D eigenvalue weighted by molar-refractivity contribution is 5.99. The number of nitrogens with two attached hydrogens (primary N) is 1. The van der Waals surface area contributed by atoms with Crippen molar-refractivity contribution in [2.24, 2.45) is 5.73 Å². The molecule has 0 fully saturated rings. The van der Waals surface area contributed by atoms with Crippen LogP contribution < -0.4 is 15.2 Å². The average molecular weight is 193 g/mol. The van der Waals surface area contributed by atoms with Gasteiger partial charge in [0.1, 0.15) is 0 Å². The monoisotopic (exact) mass is 193 g/mol. The van der Waals surface area contributed by atoms with Crippen LogP contribution in [-0.2, 0) is 0 Å². The van der Waals surface area contributed by atoms with Crippen LogP contribution in [0.15, 0.2) is 18.2 Å². The Morgan fingerprint density at radius 3 is 3.07 bits per heavy atom. The van der Waals surface area contributed by atoms with Crippen LogP contribution in [0.4, 0.5) is 0 Å². The van der Waals surface area contributed by atoms with Gasteiger partial charge in [-0.3, -0.25) is 4.79 Å². The van der Waals surface area contributed by atoms with E-state index >= 15 is 0 Å². The number of carbonyl (C=O) groups is 1. The molecule has 0 radical (unpaired) electrons. The minimum Gasteiger partial charge on any atom is -0.454 e. The zero-order chi connectivity index (χ0) is 9.97. The number of ketones is 1. The molecule has 0 aliphatic carbocycles. The van der Waals surface area contributed by atoms with Gasteiger partial charge in [-0.2, -0.15) is 0 Å². The van der Waals surface area contributed by atoms with Crippen molar-refractivity contribution in [1.29, 1.82) is 0 Å². The highest BCUT2D eigenvalue weighted by Gasteiger charge is 2.20. The van der Waals surface area contributed by atoms with Gasteiger partial charge in [-0.15, -0.1) is 0 Å². The van der Waals surface area contributed by atoms with Crippen molar-refractivity contribution in [2.75, 3.05) is 13.3 Å². The molecule has 0 unspecified atom stereocenters. The van der Waals surface area contributed by atoms with Crippen LogP contribution in [0.25, 0.3) is 0 Å². The fourth-order valence-corrected chi connectivity index (χ4v) is 1.42. The lowest BCUT2D eigenvalue weighted by atomic mass is 10.1. The molecule has 1 aliphatic rings. The molecule has 0 amide bonds. The predicted octanol–water partition coefficient (Wildman–Crippen LogP) is 0.947. The molecule has 0 aromatic heterocycles. The van der Waals surface area contributed by atoms with Gasteiger partial charge in [0.2, 0.25) is 6.79 Å². The summed E-state index contributed by atoms with van der Waals surface area (Å²) in [7, 11) is 0. The fraction of sp³-hybridized carbons (Fsp3) is 0.300. The number of carbonyl (C=O) groups excluding carboxylic acids is 1. The number of hydrogen-bond donors (Lipinski definition) is 1. The summed E-state index contributed by atoms with van der Waals surface area (Å²) in [4.78, 5) is 11.6. The van der Waals surface area contributed by atoms with Crippen LogP contribution in [-0.4, -0.2) is 19.1 Å². The minimum atomic E-state index is -0.00477. The Balaban J connectivity index is 2.34. The molecule has 14 heavy (non-hydrogen) atoms. The molecule has 4 nitrogen and oxygen atoms in total. The lowest BCUT2D eigenvalue weighted by molar-refractivity contribution is 0.0981. The van der Waals surface area contributed by atoms with Gasteiger partial charge in [0.05, 0.1) is 5.56 Å². The number of fused-ring (bicyclic) bond motifs is 1. The van der Waals surface area contributed by atoms with E-state index in [1.165, 1.54) is 0 Å². The standard InChI is InChI=1S/C10H11NO3/c11-5-4-8(12)7-2-1-3-9-10(7)14-6-13-9/h1-3H,4-6,11H2. The number of para-hydroxylation sites is 1. The number of rotatable bonds is 3. The molecule has 0 bridgehead atoms. The van der Waals surface area contributed by atoms with E-state index in [2.05, 4.69) is 0 Å². The van der Waals surface area contributed by atoms with Gasteiger partial charge in [0, 0.05) is 6.42 Å². The van der Waals surface area contributed by atoms with Gasteiger partial charge in [-0.1, -0.05) is 6.07 Å². The van der Waals surface area contributed by atoms with Crippen LogP contribution in [0, 0.1) is 0 Å². The molecule has 0 spiro atoms. The van der Waals surface area contributed by atoms with Gasteiger partial charge < -0.3 is 15.2 Å². The highest BCUT2D eigenvalue weighted by atomic mass is 16.7. The molecular formula is C10H11NO3. The van der Waals surface area contributed by atoms with Gasteiger partial charge in [-0.25, -0.2) is 0 Å². The molecule has 1 heterocycles. The fourth-order valence-electron chi connectivity index (χ4n) is 1.42. The van der Waals surface area contributed by atoms with Crippen molar-refractivity contribution < 1.29 is 14.3 Å². The third-order valence-corrected chi connectivity index (χ3v) is 2.07. The van der Waals surface area contributed by atoms with E-state index in [4.69, 9.17) is 15.2 Å². The van der Waals surface area contributed by atoms with E-state index in [0.717, 1.165) is 0 Å². The summed E-state index contributed by atoms with van der Waals surface area (Å²) in [5.74, 6) is 1.17.